The molecule has 1 spiro atoms. The summed E-state index contributed by atoms with van der Waals surface area (Å²) in [5.41, 5.74) is 2.71. The van der Waals surface area contributed by atoms with Crippen LogP contribution < -0.4 is 4.74 Å². The van der Waals surface area contributed by atoms with E-state index in [-0.39, 0.29) is 30.4 Å². The van der Waals surface area contributed by atoms with Crippen molar-refractivity contribution in [3.05, 3.63) is 54.1 Å². The van der Waals surface area contributed by atoms with Gasteiger partial charge in [0.15, 0.2) is 0 Å². The summed E-state index contributed by atoms with van der Waals surface area (Å²) < 4.78 is 5.46. The number of carbonyl (C=O) groups is 2. The van der Waals surface area contributed by atoms with Gasteiger partial charge < -0.3 is 19.6 Å². The van der Waals surface area contributed by atoms with Gasteiger partial charge >= 0.3 is 0 Å². The summed E-state index contributed by atoms with van der Waals surface area (Å²) in [4.78, 5) is 27.5. The molecule has 2 atom stereocenters. The van der Waals surface area contributed by atoms with E-state index >= 15 is 0 Å². The minimum Gasteiger partial charge on any atom is -0.496 e. The quantitative estimate of drug-likeness (QED) is 0.864. The molecule has 2 saturated heterocycles. The van der Waals surface area contributed by atoms with Gasteiger partial charge in [0, 0.05) is 38.4 Å². The van der Waals surface area contributed by atoms with E-state index in [1.165, 1.54) is 6.92 Å². The zero-order valence-corrected chi connectivity index (χ0v) is 17.0. The Balaban J connectivity index is 1.66. The zero-order chi connectivity index (χ0) is 20.8. The predicted octanol–water partition coefficient (Wildman–Crippen LogP) is 2.27. The first-order valence-corrected chi connectivity index (χ1v) is 9.82. The molecule has 0 aromatic heterocycles. The molecule has 4 rings (SSSR count). The highest BCUT2D eigenvalue weighted by Gasteiger charge is 2.67. The molecule has 0 aliphatic carbocycles. The molecule has 29 heavy (non-hydrogen) atoms. The number of carbonyl (C=O) groups excluding carboxylic acids is 2. The number of benzene rings is 2. The standard InChI is InChI=1S/C23H26N2O4/c1-15(27)24-13-23(14-24)22(20(12-26)25(23)16(2)28)18-10-8-17(9-11-18)19-6-4-5-7-21(19)29-3/h4-11,20,22,26H,12-14H2,1-3H3/t20-,22+/m0/s1. The van der Waals surface area contributed by atoms with Gasteiger partial charge in [-0.25, -0.2) is 0 Å². The van der Waals surface area contributed by atoms with E-state index in [4.69, 9.17) is 4.74 Å². The van der Waals surface area contributed by atoms with E-state index < -0.39 is 5.54 Å². The SMILES string of the molecule is COc1ccccc1-c1ccc([C@@H]2[C@H](CO)N(C(C)=O)C23CN(C(C)=O)C3)cc1. The van der Waals surface area contributed by atoms with Crippen molar-refractivity contribution in [2.75, 3.05) is 26.8 Å². The zero-order valence-electron chi connectivity index (χ0n) is 17.0. The van der Waals surface area contributed by atoms with E-state index in [2.05, 4.69) is 12.1 Å². The van der Waals surface area contributed by atoms with Gasteiger partial charge in [0.1, 0.15) is 5.75 Å². The molecule has 2 aliphatic rings. The van der Waals surface area contributed by atoms with Crippen molar-refractivity contribution in [3.8, 4) is 16.9 Å². The second-order valence-electron chi connectivity index (χ2n) is 7.92. The van der Waals surface area contributed by atoms with Gasteiger partial charge in [0.2, 0.25) is 11.8 Å². The van der Waals surface area contributed by atoms with Gasteiger partial charge in [0.05, 0.1) is 25.3 Å². The number of rotatable bonds is 4. The van der Waals surface area contributed by atoms with Crippen LogP contribution in [0.2, 0.25) is 0 Å². The molecule has 0 unspecified atom stereocenters. The van der Waals surface area contributed by atoms with Crippen molar-refractivity contribution in [2.45, 2.75) is 31.3 Å². The fourth-order valence-electron chi connectivity index (χ4n) is 5.11. The van der Waals surface area contributed by atoms with Crippen molar-refractivity contribution in [1.82, 2.24) is 9.80 Å². The molecule has 2 aromatic rings. The Morgan fingerprint density at radius 2 is 1.72 bits per heavy atom. The molecular weight excluding hydrogens is 368 g/mol. The van der Waals surface area contributed by atoms with Crippen LogP contribution in [0.25, 0.3) is 11.1 Å². The molecule has 6 nitrogen and oxygen atoms in total. The number of hydrogen-bond donors (Lipinski definition) is 1. The van der Waals surface area contributed by atoms with E-state index in [0.29, 0.717) is 13.1 Å². The highest BCUT2D eigenvalue weighted by molar-refractivity contribution is 5.80. The molecule has 2 amide bonds. The minimum atomic E-state index is -0.420. The molecule has 2 heterocycles. The smallest absolute Gasteiger partial charge is 0.220 e. The second-order valence-corrected chi connectivity index (χ2v) is 7.92. The number of aliphatic hydroxyl groups is 1. The number of likely N-dealkylation sites (tertiary alicyclic amines) is 2. The Bertz CT molecular complexity index is 934. The Labute approximate surface area is 170 Å². The number of para-hydroxylation sites is 1. The third-order valence-corrected chi connectivity index (χ3v) is 6.36. The van der Waals surface area contributed by atoms with Gasteiger partial charge in [-0.05, 0) is 17.2 Å². The van der Waals surface area contributed by atoms with Crippen LogP contribution in [-0.4, -0.2) is 65.1 Å². The first kappa shape index (κ1) is 19.5. The number of nitrogens with zero attached hydrogens (tertiary/aromatic N) is 2. The Morgan fingerprint density at radius 3 is 2.28 bits per heavy atom. The summed E-state index contributed by atoms with van der Waals surface area (Å²) in [5, 5.41) is 9.97. The van der Waals surface area contributed by atoms with Crippen LogP contribution in [0.3, 0.4) is 0 Å². The Hall–Kier alpha value is -2.86. The molecule has 1 N–H and O–H groups in total. The van der Waals surface area contributed by atoms with Crippen LogP contribution in [0, 0.1) is 0 Å². The summed E-state index contributed by atoms with van der Waals surface area (Å²) in [5.74, 6) is 0.761. The van der Waals surface area contributed by atoms with E-state index in [1.54, 1.807) is 23.8 Å². The van der Waals surface area contributed by atoms with Crippen molar-refractivity contribution in [3.63, 3.8) is 0 Å². The van der Waals surface area contributed by atoms with Gasteiger partial charge in [-0.15, -0.1) is 0 Å². The lowest BCUT2D eigenvalue weighted by Gasteiger charge is -2.70. The molecule has 0 saturated carbocycles. The van der Waals surface area contributed by atoms with Gasteiger partial charge in [0.25, 0.3) is 0 Å². The lowest BCUT2D eigenvalue weighted by molar-refractivity contribution is -0.200. The van der Waals surface area contributed by atoms with Gasteiger partial charge in [-0.1, -0.05) is 42.5 Å². The summed E-state index contributed by atoms with van der Waals surface area (Å²) in [7, 11) is 1.66. The lowest BCUT2D eigenvalue weighted by atomic mass is 9.60. The maximum atomic E-state index is 12.3. The summed E-state index contributed by atoms with van der Waals surface area (Å²) in [6, 6.07) is 15.8. The largest absolute Gasteiger partial charge is 0.496 e. The van der Waals surface area contributed by atoms with Crippen LogP contribution >= 0.6 is 0 Å². The average Bonchev–Trinajstić information content (AvgIpc) is 2.66. The lowest BCUT2D eigenvalue weighted by Crippen LogP contribution is -2.85. The average molecular weight is 394 g/mol. The van der Waals surface area contributed by atoms with Crippen molar-refractivity contribution < 1.29 is 19.4 Å². The van der Waals surface area contributed by atoms with Crippen LogP contribution in [0.15, 0.2) is 48.5 Å². The van der Waals surface area contributed by atoms with Gasteiger partial charge in [-0.3, -0.25) is 9.59 Å². The Morgan fingerprint density at radius 1 is 1.07 bits per heavy atom. The highest BCUT2D eigenvalue weighted by atomic mass is 16.5. The molecular formula is C23H26N2O4. The molecule has 6 heteroatoms. The topological polar surface area (TPSA) is 70.1 Å². The first-order valence-electron chi connectivity index (χ1n) is 9.82. The van der Waals surface area contributed by atoms with Gasteiger partial charge in [-0.2, -0.15) is 0 Å². The number of aliphatic hydroxyl groups excluding tert-OH is 1. The summed E-state index contributed by atoms with van der Waals surface area (Å²) in [6.45, 7) is 4.00. The van der Waals surface area contributed by atoms with Crippen LogP contribution in [0.1, 0.15) is 25.3 Å². The predicted molar refractivity (Wildman–Crippen MR) is 110 cm³/mol. The maximum absolute atomic E-state index is 12.3. The first-order chi connectivity index (χ1) is 13.9. The molecule has 2 aliphatic heterocycles. The van der Waals surface area contributed by atoms with E-state index in [9.17, 15) is 14.7 Å². The highest BCUT2D eigenvalue weighted by Crippen LogP contribution is 2.54. The second kappa shape index (κ2) is 7.19. The number of amides is 2. The van der Waals surface area contributed by atoms with Crippen LogP contribution in [0.5, 0.6) is 5.75 Å². The van der Waals surface area contributed by atoms with Crippen LogP contribution in [-0.2, 0) is 9.59 Å². The fraction of sp³-hybridized carbons (Fsp3) is 0.391. The van der Waals surface area contributed by atoms with Crippen molar-refractivity contribution in [1.29, 1.82) is 0 Å². The summed E-state index contributed by atoms with van der Waals surface area (Å²) in [6.07, 6.45) is 0. The molecule has 2 fully saturated rings. The van der Waals surface area contributed by atoms with Crippen LogP contribution in [0.4, 0.5) is 0 Å². The van der Waals surface area contributed by atoms with E-state index in [0.717, 1.165) is 22.4 Å². The monoisotopic (exact) mass is 394 g/mol. The number of ether oxygens (including phenoxy) is 1. The normalized spacial score (nSPS) is 22.1. The van der Waals surface area contributed by atoms with Crippen molar-refractivity contribution in [2.24, 2.45) is 0 Å². The minimum absolute atomic E-state index is 0.00119. The summed E-state index contributed by atoms with van der Waals surface area (Å²) >= 11 is 0. The fourth-order valence-corrected chi connectivity index (χ4v) is 5.11. The molecule has 2 aromatic carbocycles. The third-order valence-electron chi connectivity index (χ3n) is 6.36. The Kier molecular flexibility index (Phi) is 4.82. The van der Waals surface area contributed by atoms with E-state index in [1.807, 2.05) is 36.4 Å². The number of methoxy groups -OCH3 is 1. The molecule has 152 valence electrons. The molecule has 0 radical (unpaired) electrons. The van der Waals surface area contributed by atoms with Crippen molar-refractivity contribution >= 4 is 11.8 Å². The maximum Gasteiger partial charge on any atom is 0.220 e. The molecule has 0 bridgehead atoms. The number of hydrogen-bond acceptors (Lipinski definition) is 4. The third kappa shape index (κ3) is 2.90.